The van der Waals surface area contributed by atoms with Gasteiger partial charge in [-0.1, -0.05) is 11.6 Å². The lowest BCUT2D eigenvalue weighted by Gasteiger charge is -2.34. The van der Waals surface area contributed by atoms with Crippen LogP contribution < -0.4 is 0 Å². The predicted octanol–water partition coefficient (Wildman–Crippen LogP) is 0.451. The number of nitrogens with zero attached hydrogens (tertiary/aromatic N) is 4. The second kappa shape index (κ2) is 7.33. The van der Waals surface area contributed by atoms with Crippen LogP contribution in [0.3, 0.4) is 0 Å². The number of aromatic nitrogens is 2. The van der Waals surface area contributed by atoms with Crippen LogP contribution >= 0.6 is 11.6 Å². The number of hydrogen-bond acceptors (Lipinski definition) is 6. The summed E-state index contributed by atoms with van der Waals surface area (Å²) in [6, 6.07) is 0. The first-order valence-electron chi connectivity index (χ1n) is 6.66. The molecule has 0 saturated carbocycles. The zero-order valence-corrected chi connectivity index (χ0v) is 12.5. The highest BCUT2D eigenvalue weighted by atomic mass is 35.5. The summed E-state index contributed by atoms with van der Waals surface area (Å²) < 4.78 is 4.61. The summed E-state index contributed by atoms with van der Waals surface area (Å²) in [7, 11) is 1.38. The number of esters is 1. The van der Waals surface area contributed by atoms with Crippen LogP contribution in [-0.2, 0) is 9.53 Å². The Balaban J connectivity index is 1.83. The summed E-state index contributed by atoms with van der Waals surface area (Å²) in [4.78, 5) is 35.0. The maximum absolute atomic E-state index is 12.2. The van der Waals surface area contributed by atoms with Crippen LogP contribution in [0.25, 0.3) is 0 Å². The highest BCUT2D eigenvalue weighted by molar-refractivity contribution is 6.29. The quantitative estimate of drug-likeness (QED) is 0.752. The summed E-state index contributed by atoms with van der Waals surface area (Å²) in [5, 5.41) is 0.206. The average Bonchev–Trinajstić information content (AvgIpc) is 2.52. The van der Waals surface area contributed by atoms with Crippen molar-refractivity contribution < 1.29 is 14.3 Å². The Bertz CT molecular complexity index is 518. The number of carbonyl (C=O) groups excluding carboxylic acids is 2. The molecule has 8 heteroatoms. The molecule has 114 valence electrons. The number of halogens is 1. The highest BCUT2D eigenvalue weighted by Gasteiger charge is 2.23. The smallest absolute Gasteiger partial charge is 0.306 e. The molecule has 0 radical (unpaired) electrons. The molecule has 1 fully saturated rings. The maximum atomic E-state index is 12.2. The molecule has 1 amide bonds. The second-order valence-electron chi connectivity index (χ2n) is 4.69. The van der Waals surface area contributed by atoms with Crippen LogP contribution in [0.4, 0.5) is 0 Å². The third-order valence-electron chi connectivity index (χ3n) is 3.34. The molecule has 0 aliphatic carbocycles. The molecular formula is C13H17ClN4O3. The van der Waals surface area contributed by atoms with E-state index in [2.05, 4.69) is 19.6 Å². The van der Waals surface area contributed by atoms with Gasteiger partial charge in [-0.15, -0.1) is 0 Å². The second-order valence-corrected chi connectivity index (χ2v) is 5.07. The Morgan fingerprint density at radius 2 is 2.00 bits per heavy atom. The SMILES string of the molecule is COC(=O)CCN1CCN(C(=O)c2cncc(Cl)n2)CC1. The Kier molecular flexibility index (Phi) is 5.46. The number of rotatable bonds is 4. The monoisotopic (exact) mass is 312 g/mol. The summed E-state index contributed by atoms with van der Waals surface area (Å²) in [6.45, 7) is 3.27. The molecule has 1 aromatic rings. The number of carbonyl (C=O) groups is 2. The molecule has 2 heterocycles. The van der Waals surface area contributed by atoms with Crippen molar-refractivity contribution in [1.82, 2.24) is 19.8 Å². The molecule has 0 aromatic carbocycles. The molecule has 0 atom stereocenters. The Hall–Kier alpha value is -1.73. The molecule has 1 aliphatic rings. The molecule has 21 heavy (non-hydrogen) atoms. The van der Waals surface area contributed by atoms with E-state index in [0.717, 1.165) is 13.1 Å². The topological polar surface area (TPSA) is 75.6 Å². The van der Waals surface area contributed by atoms with Gasteiger partial charge in [0.05, 0.1) is 25.9 Å². The summed E-state index contributed by atoms with van der Waals surface area (Å²) >= 11 is 5.74. The Morgan fingerprint density at radius 1 is 1.29 bits per heavy atom. The molecule has 7 nitrogen and oxygen atoms in total. The van der Waals surface area contributed by atoms with Gasteiger partial charge >= 0.3 is 5.97 Å². The van der Waals surface area contributed by atoms with Gasteiger partial charge in [-0.3, -0.25) is 19.5 Å². The van der Waals surface area contributed by atoms with Crippen LogP contribution in [0, 0.1) is 0 Å². The van der Waals surface area contributed by atoms with E-state index in [4.69, 9.17) is 11.6 Å². The lowest BCUT2D eigenvalue weighted by Crippen LogP contribution is -2.49. The van der Waals surface area contributed by atoms with Crippen molar-refractivity contribution in [2.24, 2.45) is 0 Å². The number of piperazine rings is 1. The molecule has 0 bridgehead atoms. The van der Waals surface area contributed by atoms with E-state index in [1.807, 2.05) is 0 Å². The van der Waals surface area contributed by atoms with E-state index in [1.165, 1.54) is 19.5 Å². The molecule has 0 N–H and O–H groups in total. The van der Waals surface area contributed by atoms with Crippen LogP contribution in [0.5, 0.6) is 0 Å². The molecule has 2 rings (SSSR count). The zero-order chi connectivity index (χ0) is 15.2. The zero-order valence-electron chi connectivity index (χ0n) is 11.8. The molecule has 1 saturated heterocycles. The van der Waals surface area contributed by atoms with Crippen LogP contribution in [0.1, 0.15) is 16.9 Å². The summed E-state index contributed by atoms with van der Waals surface area (Å²) in [6.07, 6.45) is 3.17. The largest absolute Gasteiger partial charge is 0.469 e. The molecule has 0 unspecified atom stereocenters. The maximum Gasteiger partial charge on any atom is 0.306 e. The van der Waals surface area contributed by atoms with Gasteiger partial charge in [-0.2, -0.15) is 0 Å². The summed E-state index contributed by atoms with van der Waals surface area (Å²) in [5.74, 6) is -0.389. The van der Waals surface area contributed by atoms with Gasteiger partial charge in [0.1, 0.15) is 10.8 Å². The Labute approximate surface area is 127 Å². The first-order chi connectivity index (χ1) is 10.1. The van der Waals surface area contributed by atoms with E-state index in [1.54, 1.807) is 4.90 Å². The van der Waals surface area contributed by atoms with Crippen molar-refractivity contribution in [3.8, 4) is 0 Å². The first-order valence-corrected chi connectivity index (χ1v) is 7.04. The number of hydrogen-bond donors (Lipinski definition) is 0. The van der Waals surface area contributed by atoms with Crippen LogP contribution in [0.15, 0.2) is 12.4 Å². The van der Waals surface area contributed by atoms with Gasteiger partial charge in [0.25, 0.3) is 5.91 Å². The minimum atomic E-state index is -0.220. The fourth-order valence-electron chi connectivity index (χ4n) is 2.13. The number of methoxy groups -OCH3 is 1. The average molecular weight is 313 g/mol. The van der Waals surface area contributed by atoms with E-state index in [0.29, 0.717) is 26.1 Å². The van der Waals surface area contributed by atoms with Gasteiger partial charge in [0.2, 0.25) is 0 Å². The summed E-state index contributed by atoms with van der Waals surface area (Å²) in [5.41, 5.74) is 0.255. The predicted molar refractivity (Wildman–Crippen MR) is 76.0 cm³/mol. The minimum absolute atomic E-state index is 0.169. The standard InChI is InChI=1S/C13H17ClN4O3/c1-21-12(19)2-3-17-4-6-18(7-5-17)13(20)10-8-15-9-11(14)16-10/h8-9H,2-7H2,1H3. The van der Waals surface area contributed by atoms with Crippen molar-refractivity contribution in [1.29, 1.82) is 0 Å². The minimum Gasteiger partial charge on any atom is -0.469 e. The van der Waals surface area contributed by atoms with E-state index >= 15 is 0 Å². The van der Waals surface area contributed by atoms with E-state index in [-0.39, 0.29) is 22.7 Å². The lowest BCUT2D eigenvalue weighted by molar-refractivity contribution is -0.141. The van der Waals surface area contributed by atoms with Crippen molar-refractivity contribution in [2.75, 3.05) is 39.8 Å². The first kappa shape index (κ1) is 15.7. The van der Waals surface area contributed by atoms with Crippen molar-refractivity contribution in [3.05, 3.63) is 23.2 Å². The molecule has 1 aliphatic heterocycles. The van der Waals surface area contributed by atoms with Crippen LogP contribution in [0.2, 0.25) is 5.15 Å². The Morgan fingerprint density at radius 3 is 2.62 bits per heavy atom. The fourth-order valence-corrected chi connectivity index (χ4v) is 2.28. The van der Waals surface area contributed by atoms with Gasteiger partial charge in [0.15, 0.2) is 0 Å². The highest BCUT2D eigenvalue weighted by Crippen LogP contribution is 2.09. The van der Waals surface area contributed by atoms with Crippen LogP contribution in [-0.4, -0.2) is 71.5 Å². The van der Waals surface area contributed by atoms with Gasteiger partial charge in [-0.05, 0) is 0 Å². The third kappa shape index (κ3) is 4.37. The van der Waals surface area contributed by atoms with Crippen molar-refractivity contribution >= 4 is 23.5 Å². The number of ether oxygens (including phenoxy) is 1. The van der Waals surface area contributed by atoms with E-state index in [9.17, 15) is 9.59 Å². The molecular weight excluding hydrogens is 296 g/mol. The van der Waals surface area contributed by atoms with E-state index < -0.39 is 0 Å². The normalized spacial score (nSPS) is 15.8. The molecule has 0 spiro atoms. The van der Waals surface area contributed by atoms with Crippen molar-refractivity contribution in [3.63, 3.8) is 0 Å². The van der Waals surface area contributed by atoms with Gasteiger partial charge in [-0.25, -0.2) is 4.98 Å². The number of amides is 1. The lowest BCUT2D eigenvalue weighted by atomic mass is 10.2. The van der Waals surface area contributed by atoms with Gasteiger partial charge in [0, 0.05) is 32.7 Å². The third-order valence-corrected chi connectivity index (χ3v) is 3.53. The van der Waals surface area contributed by atoms with Gasteiger partial charge < -0.3 is 9.64 Å². The fraction of sp³-hybridized carbons (Fsp3) is 0.538. The van der Waals surface area contributed by atoms with Crippen molar-refractivity contribution in [2.45, 2.75) is 6.42 Å². The molecule has 1 aromatic heterocycles.